The average molecular weight is 137 g/mol. The lowest BCUT2D eigenvalue weighted by Gasteiger charge is -2.37. The second-order valence-electron chi connectivity index (χ2n) is 3.21. The lowest BCUT2D eigenvalue weighted by Crippen LogP contribution is -2.42. The Balaban J connectivity index is 2.22. The quantitative estimate of drug-likeness (QED) is 0.502. The van der Waals surface area contributed by atoms with E-state index in [4.69, 9.17) is 0 Å². The third-order valence-corrected chi connectivity index (χ3v) is 2.61. The highest BCUT2D eigenvalue weighted by molar-refractivity contribution is 5.53. The number of hydrogen-bond acceptors (Lipinski definition) is 2. The summed E-state index contributed by atoms with van der Waals surface area (Å²) >= 11 is 0. The van der Waals surface area contributed by atoms with E-state index in [1.165, 1.54) is 25.7 Å². The van der Waals surface area contributed by atoms with Gasteiger partial charge in [0.2, 0.25) is 0 Å². The summed E-state index contributed by atoms with van der Waals surface area (Å²) in [5.74, 6) is 2.51. The van der Waals surface area contributed by atoms with Crippen LogP contribution in [0.2, 0.25) is 0 Å². The predicted molar refractivity (Wildman–Crippen MR) is 38.1 cm³/mol. The van der Waals surface area contributed by atoms with Crippen molar-refractivity contribution in [3.05, 3.63) is 5.70 Å². The van der Waals surface area contributed by atoms with Gasteiger partial charge < -0.3 is 5.32 Å². The zero-order valence-corrected chi connectivity index (χ0v) is 5.89. The molecule has 0 aromatic heterocycles. The van der Waals surface area contributed by atoms with Crippen LogP contribution in [0.15, 0.2) is 5.70 Å². The molecule has 54 valence electrons. The van der Waals surface area contributed by atoms with Gasteiger partial charge in [-0.1, -0.05) is 0 Å². The maximum Gasteiger partial charge on any atom is 0.145 e. The van der Waals surface area contributed by atoms with Gasteiger partial charge in [-0.25, -0.2) is 4.79 Å². The molecule has 0 aromatic rings. The fourth-order valence-electron chi connectivity index (χ4n) is 1.98. The largest absolute Gasteiger partial charge is 0.376 e. The highest BCUT2D eigenvalue weighted by Gasteiger charge is 2.31. The molecule has 3 aliphatic rings. The Morgan fingerprint density at radius 3 is 2.30 bits per heavy atom. The minimum atomic E-state index is 0.516. The number of piperidine rings is 2. The SMILES string of the molecule is O=C=C1NC2CCC1CC2. The van der Waals surface area contributed by atoms with Crippen LogP contribution < -0.4 is 5.32 Å². The molecule has 1 aliphatic carbocycles. The Morgan fingerprint density at radius 2 is 2.00 bits per heavy atom. The van der Waals surface area contributed by atoms with Crippen LogP contribution in [0.25, 0.3) is 0 Å². The number of fused-ring (bicyclic) bond motifs is 3. The van der Waals surface area contributed by atoms with Gasteiger partial charge in [0.15, 0.2) is 0 Å². The van der Waals surface area contributed by atoms with E-state index in [-0.39, 0.29) is 0 Å². The Bertz CT molecular complexity index is 185. The van der Waals surface area contributed by atoms with Crippen molar-refractivity contribution >= 4 is 5.94 Å². The molecule has 1 N–H and O–H groups in total. The first kappa shape index (κ1) is 5.99. The normalized spacial score (nSPS) is 37.0. The van der Waals surface area contributed by atoms with Gasteiger partial charge in [0, 0.05) is 12.0 Å². The van der Waals surface area contributed by atoms with E-state index in [2.05, 4.69) is 5.32 Å². The summed E-state index contributed by atoms with van der Waals surface area (Å²) in [5.41, 5.74) is 0.836. The smallest absolute Gasteiger partial charge is 0.145 e. The van der Waals surface area contributed by atoms with Crippen LogP contribution in [0.3, 0.4) is 0 Å². The van der Waals surface area contributed by atoms with Gasteiger partial charge in [0.25, 0.3) is 0 Å². The zero-order chi connectivity index (χ0) is 6.97. The second kappa shape index (κ2) is 2.14. The molecule has 0 aromatic carbocycles. The van der Waals surface area contributed by atoms with Crippen molar-refractivity contribution in [2.45, 2.75) is 31.7 Å². The highest BCUT2D eigenvalue weighted by atomic mass is 16.1. The van der Waals surface area contributed by atoms with Gasteiger partial charge in [-0.3, -0.25) is 0 Å². The third kappa shape index (κ3) is 0.764. The third-order valence-electron chi connectivity index (χ3n) is 2.61. The van der Waals surface area contributed by atoms with Gasteiger partial charge >= 0.3 is 0 Å². The number of hydrogen-bond donors (Lipinski definition) is 1. The molecule has 1 saturated carbocycles. The Morgan fingerprint density at radius 1 is 1.30 bits per heavy atom. The van der Waals surface area contributed by atoms with Crippen molar-refractivity contribution in [2.75, 3.05) is 0 Å². The van der Waals surface area contributed by atoms with Crippen LogP contribution in [-0.4, -0.2) is 12.0 Å². The van der Waals surface area contributed by atoms with Gasteiger partial charge in [0.1, 0.15) is 5.94 Å². The molecule has 2 aliphatic heterocycles. The van der Waals surface area contributed by atoms with Crippen LogP contribution in [0.1, 0.15) is 25.7 Å². The first-order valence-electron chi connectivity index (χ1n) is 3.91. The van der Waals surface area contributed by atoms with Crippen LogP contribution >= 0.6 is 0 Å². The molecule has 0 spiro atoms. The van der Waals surface area contributed by atoms with Gasteiger partial charge in [-0.2, -0.15) is 0 Å². The first-order valence-corrected chi connectivity index (χ1v) is 3.91. The van der Waals surface area contributed by atoms with E-state index in [9.17, 15) is 4.79 Å². The summed E-state index contributed by atoms with van der Waals surface area (Å²) in [4.78, 5) is 10.3. The van der Waals surface area contributed by atoms with E-state index >= 15 is 0 Å². The van der Waals surface area contributed by atoms with Crippen LogP contribution in [0, 0.1) is 5.92 Å². The summed E-state index contributed by atoms with van der Waals surface area (Å²) in [6, 6.07) is 0.585. The fraction of sp³-hybridized carbons (Fsp3) is 0.750. The van der Waals surface area contributed by atoms with Crippen molar-refractivity contribution in [3.63, 3.8) is 0 Å². The van der Waals surface area contributed by atoms with Crippen LogP contribution in [0.5, 0.6) is 0 Å². The standard InChI is InChI=1S/C8H11NO/c10-5-8-6-1-3-7(9-8)4-2-6/h6-7,9H,1-4H2. The lowest BCUT2D eigenvalue weighted by atomic mass is 9.79. The minimum absolute atomic E-state index is 0.516. The molecule has 0 amide bonds. The summed E-state index contributed by atoms with van der Waals surface area (Å²) in [5, 5.41) is 3.20. The molecule has 2 heterocycles. The minimum Gasteiger partial charge on any atom is -0.376 e. The van der Waals surface area contributed by atoms with Crippen molar-refractivity contribution in [2.24, 2.45) is 5.92 Å². The van der Waals surface area contributed by atoms with Crippen LogP contribution in [-0.2, 0) is 4.79 Å². The van der Waals surface area contributed by atoms with Crippen molar-refractivity contribution in [1.82, 2.24) is 5.32 Å². The zero-order valence-electron chi connectivity index (χ0n) is 5.89. The number of nitrogens with one attached hydrogen (secondary N) is 1. The van der Waals surface area contributed by atoms with E-state index in [0.29, 0.717) is 12.0 Å². The highest BCUT2D eigenvalue weighted by Crippen LogP contribution is 2.33. The van der Waals surface area contributed by atoms with Gasteiger partial charge in [-0.05, 0) is 25.7 Å². The summed E-state index contributed by atoms with van der Waals surface area (Å²) in [7, 11) is 0. The average Bonchev–Trinajstić information content (AvgIpc) is 2.06. The summed E-state index contributed by atoms with van der Waals surface area (Å²) in [6.07, 6.45) is 4.89. The molecule has 2 bridgehead atoms. The molecule has 2 saturated heterocycles. The molecule has 0 unspecified atom stereocenters. The molecule has 2 nitrogen and oxygen atoms in total. The molecular formula is C8H11NO. The Hall–Kier alpha value is -0.750. The second-order valence-corrected chi connectivity index (χ2v) is 3.21. The van der Waals surface area contributed by atoms with Crippen molar-refractivity contribution < 1.29 is 4.79 Å². The molecule has 2 heteroatoms. The van der Waals surface area contributed by atoms with Crippen LogP contribution in [0.4, 0.5) is 0 Å². The Labute approximate surface area is 60.3 Å². The van der Waals surface area contributed by atoms with E-state index in [1.54, 1.807) is 0 Å². The fourth-order valence-corrected chi connectivity index (χ4v) is 1.98. The van der Waals surface area contributed by atoms with Gasteiger partial charge in [-0.15, -0.1) is 0 Å². The van der Waals surface area contributed by atoms with Crippen molar-refractivity contribution in [1.29, 1.82) is 0 Å². The number of rotatable bonds is 0. The monoisotopic (exact) mass is 137 g/mol. The number of allylic oxidation sites excluding steroid dienone is 1. The van der Waals surface area contributed by atoms with E-state index < -0.39 is 0 Å². The Kier molecular flexibility index (Phi) is 1.28. The molecule has 10 heavy (non-hydrogen) atoms. The van der Waals surface area contributed by atoms with E-state index in [0.717, 1.165) is 5.70 Å². The predicted octanol–water partition coefficient (Wildman–Crippen LogP) is 0.864. The topological polar surface area (TPSA) is 29.1 Å². The van der Waals surface area contributed by atoms with Crippen molar-refractivity contribution in [3.8, 4) is 0 Å². The molecule has 3 fully saturated rings. The molecule has 3 rings (SSSR count). The lowest BCUT2D eigenvalue weighted by molar-refractivity contribution is 0.263. The van der Waals surface area contributed by atoms with Gasteiger partial charge in [0.05, 0.1) is 5.70 Å². The maximum absolute atomic E-state index is 10.3. The first-order chi connectivity index (χ1) is 4.90. The maximum atomic E-state index is 10.3. The van der Waals surface area contributed by atoms with E-state index in [1.807, 2.05) is 5.94 Å². The number of carbonyl (C=O) groups excluding carboxylic acids is 1. The summed E-state index contributed by atoms with van der Waals surface area (Å²) in [6.45, 7) is 0. The molecule has 0 atom stereocenters. The summed E-state index contributed by atoms with van der Waals surface area (Å²) < 4.78 is 0. The molecule has 0 radical (unpaired) electrons. The molecular weight excluding hydrogens is 126 g/mol.